The molecule has 0 radical (unpaired) electrons. The fraction of sp³-hybridized carbons (Fsp3) is 0.480. The second-order valence-electron chi connectivity index (χ2n) is 9.47. The van der Waals surface area contributed by atoms with Gasteiger partial charge in [0.25, 0.3) is 0 Å². The van der Waals surface area contributed by atoms with Gasteiger partial charge in [-0.3, -0.25) is 4.79 Å². The number of carbonyl (C=O) groups excluding carboxylic acids is 1. The molecule has 12 heteroatoms. The van der Waals surface area contributed by atoms with Gasteiger partial charge in [0, 0.05) is 43.5 Å². The zero-order chi connectivity index (χ0) is 26.2. The maximum atomic E-state index is 14.0. The van der Waals surface area contributed by atoms with Crippen LogP contribution in [0.15, 0.2) is 24.5 Å². The minimum Gasteiger partial charge on any atom is -0.477 e. The van der Waals surface area contributed by atoms with E-state index in [0.717, 1.165) is 25.5 Å². The second kappa shape index (κ2) is 9.97. The number of rotatable bonds is 5. The van der Waals surface area contributed by atoms with E-state index in [9.17, 15) is 23.2 Å². The van der Waals surface area contributed by atoms with Crippen LogP contribution in [0.5, 0.6) is 5.88 Å². The molecule has 2 fully saturated rings. The van der Waals surface area contributed by atoms with Crippen molar-refractivity contribution in [1.82, 2.24) is 29.7 Å². The second-order valence-corrected chi connectivity index (χ2v) is 9.47. The lowest BCUT2D eigenvalue weighted by atomic mass is 9.97. The Hall–Kier alpha value is -3.72. The molecule has 37 heavy (non-hydrogen) atoms. The molecule has 2 aliphatic rings. The molecule has 2 saturated heterocycles. The van der Waals surface area contributed by atoms with Crippen molar-refractivity contribution in [3.05, 3.63) is 35.9 Å². The summed E-state index contributed by atoms with van der Waals surface area (Å²) in [5.74, 6) is -0.520. The predicted octanol–water partition coefficient (Wildman–Crippen LogP) is 3.29. The highest BCUT2D eigenvalue weighted by Crippen LogP contribution is 2.38. The smallest absolute Gasteiger partial charge is 0.421 e. The Bertz CT molecular complexity index is 1350. The highest BCUT2D eigenvalue weighted by Gasteiger charge is 2.37. The van der Waals surface area contributed by atoms with Crippen LogP contribution >= 0.6 is 0 Å². The Labute approximate surface area is 211 Å². The maximum Gasteiger partial charge on any atom is 0.421 e. The lowest BCUT2D eigenvalue weighted by Crippen LogP contribution is -2.47. The number of nitrogens with one attached hydrogen (secondary N) is 1. The van der Waals surface area contributed by atoms with Crippen molar-refractivity contribution in [3.8, 4) is 23.2 Å². The minimum atomic E-state index is -4.71. The number of hydrogen-bond acceptors (Lipinski definition) is 7. The summed E-state index contributed by atoms with van der Waals surface area (Å²) in [4.78, 5) is 26.7. The molecule has 0 unspecified atom stereocenters. The molecule has 194 valence electrons. The average Bonchev–Trinajstić information content (AvgIpc) is 3.57. The Morgan fingerprint density at radius 2 is 2.05 bits per heavy atom. The first-order chi connectivity index (χ1) is 17.7. The predicted molar refractivity (Wildman–Crippen MR) is 127 cm³/mol. The molecule has 5 rings (SSSR count). The Morgan fingerprint density at radius 3 is 2.73 bits per heavy atom. The van der Waals surface area contributed by atoms with E-state index in [2.05, 4.69) is 20.3 Å². The van der Waals surface area contributed by atoms with Gasteiger partial charge in [-0.1, -0.05) is 0 Å². The van der Waals surface area contributed by atoms with Gasteiger partial charge in [-0.2, -0.15) is 18.4 Å². The summed E-state index contributed by atoms with van der Waals surface area (Å²) >= 11 is 0. The van der Waals surface area contributed by atoms with Crippen LogP contribution in [0.4, 0.5) is 13.2 Å². The van der Waals surface area contributed by atoms with Crippen LogP contribution in [0.25, 0.3) is 22.3 Å². The highest BCUT2D eigenvalue weighted by molar-refractivity contribution is 5.91. The fourth-order valence-electron chi connectivity index (χ4n) is 4.94. The van der Waals surface area contributed by atoms with Crippen molar-refractivity contribution in [2.45, 2.75) is 37.9 Å². The van der Waals surface area contributed by atoms with Gasteiger partial charge in [0.1, 0.15) is 17.3 Å². The fourth-order valence-corrected chi connectivity index (χ4v) is 4.94. The van der Waals surface area contributed by atoms with Gasteiger partial charge in [-0.05, 0) is 50.3 Å². The molecule has 0 bridgehead atoms. The number of piperidine rings is 1. The van der Waals surface area contributed by atoms with Gasteiger partial charge in [-0.25, -0.2) is 15.0 Å². The molecule has 2 aliphatic heterocycles. The highest BCUT2D eigenvalue weighted by atomic mass is 19.4. The topological polar surface area (TPSA) is 109 Å². The summed E-state index contributed by atoms with van der Waals surface area (Å²) in [5, 5.41) is 13.0. The Kier molecular flexibility index (Phi) is 6.72. The average molecular weight is 514 g/mol. The molecule has 0 aromatic carbocycles. The van der Waals surface area contributed by atoms with Crippen molar-refractivity contribution in [3.63, 3.8) is 0 Å². The summed E-state index contributed by atoms with van der Waals surface area (Å²) in [5.41, 5.74) is -0.266. The third-order valence-electron chi connectivity index (χ3n) is 6.99. The Balaban J connectivity index is 1.32. The summed E-state index contributed by atoms with van der Waals surface area (Å²) in [6.45, 7) is 2.05. The molecule has 0 saturated carbocycles. The van der Waals surface area contributed by atoms with E-state index < -0.39 is 17.6 Å². The first-order valence-corrected chi connectivity index (χ1v) is 12.2. The van der Waals surface area contributed by atoms with Gasteiger partial charge < -0.3 is 19.5 Å². The van der Waals surface area contributed by atoms with Crippen LogP contribution < -0.4 is 10.1 Å². The number of nitrogens with zero attached hydrogens (tertiary/aromatic N) is 6. The molecule has 3 aromatic rings. The summed E-state index contributed by atoms with van der Waals surface area (Å²) < 4.78 is 49.3. The summed E-state index contributed by atoms with van der Waals surface area (Å²) in [6, 6.07) is 4.37. The van der Waals surface area contributed by atoms with Crippen LogP contribution in [-0.2, 0) is 18.0 Å². The molecule has 3 aromatic heterocycles. The standard InChI is InChI=1S/C25H26F3N7O2/c1-34-8-6-17-21(32-20(12-29)33-22(17)34)16-11-18(25(26,27)28)23(31-13-16)37-14-15-4-9-35(10-5-15)24(36)19-3-2-7-30-19/h6,8,11,13,15,19,30H,2-5,7,9-10,14H2,1H3/t19-/m0/s1. The molecular weight excluding hydrogens is 487 g/mol. The van der Waals surface area contributed by atoms with Crippen molar-refractivity contribution >= 4 is 16.9 Å². The van der Waals surface area contributed by atoms with Gasteiger partial charge in [0.2, 0.25) is 17.6 Å². The molecule has 0 aliphatic carbocycles. The van der Waals surface area contributed by atoms with Crippen LogP contribution in [0.3, 0.4) is 0 Å². The maximum absolute atomic E-state index is 14.0. The number of aromatic nitrogens is 4. The normalized spacial score (nSPS) is 18.8. The number of likely N-dealkylation sites (tertiary alicyclic amines) is 1. The molecule has 1 N–H and O–H groups in total. The van der Waals surface area contributed by atoms with Crippen LogP contribution in [0, 0.1) is 17.2 Å². The number of pyridine rings is 1. The number of fused-ring (bicyclic) bond motifs is 1. The van der Waals surface area contributed by atoms with Crippen molar-refractivity contribution in [2.24, 2.45) is 13.0 Å². The minimum absolute atomic E-state index is 0.0205. The third-order valence-corrected chi connectivity index (χ3v) is 6.99. The number of carbonyl (C=O) groups is 1. The summed E-state index contributed by atoms with van der Waals surface area (Å²) in [6.07, 6.45) is 1.40. The lowest BCUT2D eigenvalue weighted by Gasteiger charge is -2.33. The number of ether oxygens (including phenoxy) is 1. The number of aryl methyl sites for hydroxylation is 1. The van der Waals surface area contributed by atoms with Gasteiger partial charge in [-0.15, -0.1) is 0 Å². The molecule has 0 spiro atoms. The quantitative estimate of drug-likeness (QED) is 0.558. The van der Waals surface area contributed by atoms with Crippen molar-refractivity contribution in [1.29, 1.82) is 5.26 Å². The molecular formula is C25H26F3N7O2. The van der Waals surface area contributed by atoms with Crippen LogP contribution in [0.2, 0.25) is 0 Å². The summed E-state index contributed by atoms with van der Waals surface area (Å²) in [7, 11) is 1.72. The van der Waals surface area contributed by atoms with E-state index in [0.29, 0.717) is 37.0 Å². The van der Waals surface area contributed by atoms with E-state index >= 15 is 0 Å². The van der Waals surface area contributed by atoms with Crippen LogP contribution in [0.1, 0.15) is 37.1 Å². The molecule has 1 atom stereocenters. The van der Waals surface area contributed by atoms with Crippen LogP contribution in [-0.4, -0.2) is 62.6 Å². The monoisotopic (exact) mass is 513 g/mol. The number of hydrogen-bond donors (Lipinski definition) is 1. The van der Waals surface area contributed by atoms with Crippen molar-refractivity contribution in [2.75, 3.05) is 26.2 Å². The number of alkyl halides is 3. The van der Waals surface area contributed by atoms with Gasteiger partial charge >= 0.3 is 6.18 Å². The zero-order valence-electron chi connectivity index (χ0n) is 20.3. The lowest BCUT2D eigenvalue weighted by molar-refractivity contribution is -0.139. The van der Waals surface area contributed by atoms with E-state index in [4.69, 9.17) is 4.74 Å². The van der Waals surface area contributed by atoms with E-state index in [1.807, 2.05) is 11.0 Å². The zero-order valence-corrected chi connectivity index (χ0v) is 20.3. The van der Waals surface area contributed by atoms with Gasteiger partial charge in [0.05, 0.1) is 18.3 Å². The van der Waals surface area contributed by atoms with Crippen molar-refractivity contribution < 1.29 is 22.7 Å². The largest absolute Gasteiger partial charge is 0.477 e. The molecule has 1 amide bonds. The number of halogens is 3. The molecule has 5 heterocycles. The first kappa shape index (κ1) is 25.0. The van der Waals surface area contributed by atoms with E-state index in [1.54, 1.807) is 23.9 Å². The van der Waals surface area contributed by atoms with E-state index in [1.165, 1.54) is 6.20 Å². The van der Waals surface area contributed by atoms with Gasteiger partial charge in [0.15, 0.2) is 0 Å². The third kappa shape index (κ3) is 5.09. The molecule has 9 nitrogen and oxygen atoms in total. The number of amides is 1. The first-order valence-electron chi connectivity index (χ1n) is 12.2. The Morgan fingerprint density at radius 1 is 1.27 bits per heavy atom. The SMILES string of the molecule is Cn1ccc2c(-c3cnc(OCC4CCN(C(=O)[C@@H]5CCCN5)CC4)c(C(F)(F)F)c3)nc(C#N)nc21. The van der Waals surface area contributed by atoms with E-state index in [-0.39, 0.29) is 41.6 Å². The number of nitriles is 1.